The molecule has 0 bridgehead atoms. The SMILES string of the molecule is Cc1ccc(OC(=O)N2CCN(CCn3ncc4c3nc(N)n3nc(-c5ccco5)nc43)CC2)cc1.O. The third kappa shape index (κ3) is 4.69. The minimum absolute atomic E-state index is 0. The van der Waals surface area contributed by atoms with E-state index in [2.05, 4.69) is 25.1 Å². The van der Waals surface area contributed by atoms with Crippen LogP contribution in [0.15, 0.2) is 53.3 Å². The number of ether oxygens (including phenoxy) is 1. The normalized spacial score (nSPS) is 14.2. The van der Waals surface area contributed by atoms with Gasteiger partial charge < -0.3 is 25.3 Å². The van der Waals surface area contributed by atoms with Crippen LogP contribution in [0.2, 0.25) is 0 Å². The van der Waals surface area contributed by atoms with Crippen molar-refractivity contribution in [1.82, 2.24) is 39.2 Å². The quantitative estimate of drug-likeness (QED) is 0.373. The Morgan fingerprint density at radius 1 is 1.05 bits per heavy atom. The molecule has 0 radical (unpaired) electrons. The summed E-state index contributed by atoms with van der Waals surface area (Å²) < 4.78 is 14.2. The maximum Gasteiger partial charge on any atom is 0.415 e. The van der Waals surface area contributed by atoms with E-state index in [1.165, 1.54) is 4.52 Å². The summed E-state index contributed by atoms with van der Waals surface area (Å²) >= 11 is 0. The van der Waals surface area contributed by atoms with Crippen LogP contribution >= 0.6 is 0 Å². The van der Waals surface area contributed by atoms with E-state index < -0.39 is 0 Å². The van der Waals surface area contributed by atoms with Crippen LogP contribution in [0.5, 0.6) is 5.75 Å². The number of hydrogen-bond donors (Lipinski definition) is 1. The largest absolute Gasteiger partial charge is 0.461 e. The first-order valence-electron chi connectivity index (χ1n) is 11.7. The lowest BCUT2D eigenvalue weighted by Gasteiger charge is -2.33. The number of carbonyl (C=O) groups is 1. The summed E-state index contributed by atoms with van der Waals surface area (Å²) in [6.45, 7) is 6.08. The number of nitrogens with two attached hydrogens (primary N) is 1. The lowest BCUT2D eigenvalue weighted by atomic mass is 10.2. The first-order valence-corrected chi connectivity index (χ1v) is 11.7. The van der Waals surface area contributed by atoms with Crippen molar-refractivity contribution >= 4 is 28.7 Å². The number of aryl methyl sites for hydroxylation is 1. The number of piperazine rings is 1. The van der Waals surface area contributed by atoms with Crippen molar-refractivity contribution in [2.75, 3.05) is 38.5 Å². The highest BCUT2D eigenvalue weighted by Crippen LogP contribution is 2.23. The van der Waals surface area contributed by atoms with E-state index in [9.17, 15) is 4.79 Å². The van der Waals surface area contributed by atoms with Gasteiger partial charge >= 0.3 is 6.09 Å². The lowest BCUT2D eigenvalue weighted by molar-refractivity contribution is 0.109. The fourth-order valence-electron chi connectivity index (χ4n) is 4.29. The minimum Gasteiger partial charge on any atom is -0.461 e. The van der Waals surface area contributed by atoms with Gasteiger partial charge in [0.05, 0.1) is 24.4 Å². The van der Waals surface area contributed by atoms with Crippen molar-refractivity contribution in [3.63, 3.8) is 0 Å². The molecule has 4 aromatic heterocycles. The summed E-state index contributed by atoms with van der Waals surface area (Å²) in [6.07, 6.45) is 2.99. The molecule has 5 heterocycles. The third-order valence-electron chi connectivity index (χ3n) is 6.32. The Labute approximate surface area is 211 Å². The Bertz CT molecular complexity index is 1520. The number of hydrogen-bond acceptors (Lipinski definition) is 9. The summed E-state index contributed by atoms with van der Waals surface area (Å²) in [4.78, 5) is 25.6. The first-order chi connectivity index (χ1) is 17.5. The molecule has 13 nitrogen and oxygen atoms in total. The highest BCUT2D eigenvalue weighted by atomic mass is 16.6. The summed E-state index contributed by atoms with van der Waals surface area (Å²) in [7, 11) is 0. The molecule has 1 aromatic carbocycles. The first kappa shape index (κ1) is 24.2. The number of benzene rings is 1. The van der Waals surface area contributed by atoms with E-state index in [0.29, 0.717) is 48.3 Å². The maximum absolute atomic E-state index is 12.5. The summed E-state index contributed by atoms with van der Waals surface area (Å²) in [5.74, 6) is 1.78. The molecule has 1 amide bonds. The van der Waals surface area contributed by atoms with Gasteiger partial charge in [-0.25, -0.2) is 14.5 Å². The summed E-state index contributed by atoms with van der Waals surface area (Å²) in [5, 5.41) is 9.71. The molecular weight excluding hydrogens is 478 g/mol. The lowest BCUT2D eigenvalue weighted by Crippen LogP contribution is -2.50. The molecule has 192 valence electrons. The van der Waals surface area contributed by atoms with Gasteiger partial charge in [-0.2, -0.15) is 14.6 Å². The van der Waals surface area contributed by atoms with E-state index in [4.69, 9.17) is 14.9 Å². The second kappa shape index (κ2) is 9.87. The molecule has 1 saturated heterocycles. The van der Waals surface area contributed by atoms with Crippen LogP contribution in [0.4, 0.5) is 10.7 Å². The monoisotopic (exact) mass is 505 g/mol. The highest BCUT2D eigenvalue weighted by molar-refractivity contribution is 5.90. The number of amides is 1. The molecule has 0 spiro atoms. The zero-order chi connectivity index (χ0) is 24.6. The Hall–Kier alpha value is -4.49. The number of rotatable bonds is 5. The Kier molecular flexibility index (Phi) is 6.46. The van der Waals surface area contributed by atoms with E-state index in [1.807, 2.05) is 35.9 Å². The number of nitrogens with zero attached hydrogens (tertiary/aromatic N) is 8. The Balaban J connectivity index is 0.00000280. The Morgan fingerprint density at radius 3 is 2.57 bits per heavy atom. The second-order valence-corrected chi connectivity index (χ2v) is 8.73. The van der Waals surface area contributed by atoms with Gasteiger partial charge in [0.2, 0.25) is 11.8 Å². The molecule has 4 N–H and O–H groups in total. The van der Waals surface area contributed by atoms with Crippen LogP contribution in [0.1, 0.15) is 5.56 Å². The topological polar surface area (TPSA) is 164 Å². The molecule has 13 heteroatoms. The molecule has 0 saturated carbocycles. The van der Waals surface area contributed by atoms with Crippen LogP contribution in [0, 0.1) is 6.92 Å². The van der Waals surface area contributed by atoms with Gasteiger partial charge in [0.25, 0.3) is 0 Å². The van der Waals surface area contributed by atoms with E-state index in [-0.39, 0.29) is 17.5 Å². The zero-order valence-corrected chi connectivity index (χ0v) is 20.2. The fraction of sp³-hybridized carbons (Fsp3) is 0.292. The van der Waals surface area contributed by atoms with Crippen LogP contribution in [0.3, 0.4) is 0 Å². The maximum atomic E-state index is 12.5. The predicted octanol–water partition coefficient (Wildman–Crippen LogP) is 1.62. The number of carbonyl (C=O) groups excluding carboxylic acids is 1. The van der Waals surface area contributed by atoms with E-state index in [1.54, 1.807) is 29.5 Å². The van der Waals surface area contributed by atoms with Crippen molar-refractivity contribution in [2.45, 2.75) is 13.5 Å². The molecule has 0 unspecified atom stereocenters. The van der Waals surface area contributed by atoms with Crippen LogP contribution in [-0.2, 0) is 6.54 Å². The molecule has 5 aromatic rings. The van der Waals surface area contributed by atoms with Gasteiger partial charge in [-0.3, -0.25) is 4.90 Å². The number of aromatic nitrogens is 6. The molecule has 1 aliphatic rings. The molecule has 37 heavy (non-hydrogen) atoms. The molecule has 0 aliphatic carbocycles. The summed E-state index contributed by atoms with van der Waals surface area (Å²) in [5.41, 5.74) is 8.53. The molecule has 0 atom stereocenters. The fourth-order valence-corrected chi connectivity index (χ4v) is 4.29. The second-order valence-electron chi connectivity index (χ2n) is 8.73. The van der Waals surface area contributed by atoms with Gasteiger partial charge in [0, 0.05) is 32.7 Å². The van der Waals surface area contributed by atoms with E-state index >= 15 is 0 Å². The smallest absolute Gasteiger partial charge is 0.415 e. The van der Waals surface area contributed by atoms with Gasteiger partial charge in [-0.1, -0.05) is 17.7 Å². The molecule has 6 rings (SSSR count). The highest BCUT2D eigenvalue weighted by Gasteiger charge is 2.23. The van der Waals surface area contributed by atoms with Crippen molar-refractivity contribution in [3.8, 4) is 17.3 Å². The van der Waals surface area contributed by atoms with Crippen molar-refractivity contribution in [2.24, 2.45) is 0 Å². The molecular formula is C24H27N9O4. The predicted molar refractivity (Wildman–Crippen MR) is 135 cm³/mol. The standard InChI is InChI=1S/C24H25N9O3.H2O/c1-16-4-6-17(7-5-16)36-24(34)31-11-8-30(9-12-31)10-13-32-21-18(15-26-32)22-27-20(19-3-2-14-35-19)29-33(22)23(25)28-21;/h2-7,14-15H,8-13H2,1H3,(H2,25,28);1H2. The average molecular weight is 506 g/mol. The zero-order valence-electron chi connectivity index (χ0n) is 20.2. The Morgan fingerprint density at radius 2 is 1.84 bits per heavy atom. The molecule has 1 fully saturated rings. The van der Waals surface area contributed by atoms with Gasteiger partial charge in [-0.05, 0) is 31.2 Å². The van der Waals surface area contributed by atoms with Crippen molar-refractivity contribution < 1.29 is 19.4 Å². The van der Waals surface area contributed by atoms with Gasteiger partial charge in [0.1, 0.15) is 5.75 Å². The van der Waals surface area contributed by atoms with Crippen LogP contribution < -0.4 is 10.5 Å². The van der Waals surface area contributed by atoms with Crippen molar-refractivity contribution in [3.05, 3.63) is 54.4 Å². The third-order valence-corrected chi connectivity index (χ3v) is 6.32. The average Bonchev–Trinajstić information content (AvgIpc) is 3.64. The number of anilines is 1. The number of fused-ring (bicyclic) bond motifs is 3. The van der Waals surface area contributed by atoms with Gasteiger partial charge in [-0.15, -0.1) is 5.10 Å². The van der Waals surface area contributed by atoms with Crippen LogP contribution in [-0.4, -0.2) is 83.5 Å². The van der Waals surface area contributed by atoms with Crippen molar-refractivity contribution in [1.29, 1.82) is 0 Å². The minimum atomic E-state index is -0.317. The van der Waals surface area contributed by atoms with Crippen LogP contribution in [0.25, 0.3) is 28.3 Å². The number of furan rings is 1. The number of nitrogen functional groups attached to an aromatic ring is 1. The van der Waals surface area contributed by atoms with E-state index in [0.717, 1.165) is 30.6 Å². The summed E-state index contributed by atoms with van der Waals surface area (Å²) in [6, 6.07) is 11.0. The molecule has 1 aliphatic heterocycles. The van der Waals surface area contributed by atoms with Gasteiger partial charge in [0.15, 0.2) is 17.1 Å².